The monoisotopic (exact) mass is 268 g/mol. The highest BCUT2D eigenvalue weighted by Crippen LogP contribution is 2.28. The number of alkyl halides is 3. The molecule has 1 aliphatic rings. The Labute approximate surface area is 104 Å². The number of carboxylic acids is 1. The van der Waals surface area contributed by atoms with Gasteiger partial charge in [0.2, 0.25) is 0 Å². The number of likely N-dealkylation sites (tertiary alicyclic amines) is 1. The Morgan fingerprint density at radius 1 is 1.56 bits per heavy atom. The number of carbonyl (C=O) groups is 1. The second-order valence-corrected chi connectivity index (χ2v) is 4.87. The third-order valence-electron chi connectivity index (χ3n) is 3.45. The molecule has 0 aliphatic carbocycles. The average Bonchev–Trinajstić information content (AvgIpc) is 2.59. The lowest BCUT2D eigenvalue weighted by atomic mass is 10.1. The molecule has 2 atom stereocenters. The van der Waals surface area contributed by atoms with Crippen molar-refractivity contribution in [3.8, 4) is 0 Å². The quantitative estimate of drug-likeness (QED) is 0.819. The van der Waals surface area contributed by atoms with Gasteiger partial charge in [-0.05, 0) is 33.5 Å². The van der Waals surface area contributed by atoms with Gasteiger partial charge in [0.1, 0.15) is 6.04 Å². The summed E-state index contributed by atoms with van der Waals surface area (Å²) in [5, 5.41) is 8.57. The maximum absolute atomic E-state index is 12.8. The van der Waals surface area contributed by atoms with E-state index in [0.717, 1.165) is 24.3 Å². The third-order valence-corrected chi connectivity index (χ3v) is 3.45. The van der Waals surface area contributed by atoms with E-state index in [1.54, 1.807) is 0 Å². The highest BCUT2D eigenvalue weighted by atomic mass is 19.4. The molecular weight excluding hydrogens is 249 g/mol. The van der Waals surface area contributed by atoms with Crippen LogP contribution in [0.25, 0.3) is 0 Å². The van der Waals surface area contributed by atoms with Gasteiger partial charge in [-0.1, -0.05) is 0 Å². The largest absolute Gasteiger partial charge is 0.481 e. The Morgan fingerprint density at radius 3 is 2.56 bits per heavy atom. The smallest absolute Gasteiger partial charge is 0.404 e. The molecule has 4 nitrogen and oxygen atoms in total. The first-order valence-electron chi connectivity index (χ1n) is 5.90. The van der Waals surface area contributed by atoms with Crippen LogP contribution < -0.4 is 0 Å². The molecule has 0 bridgehead atoms. The van der Waals surface area contributed by atoms with E-state index in [-0.39, 0.29) is 12.6 Å². The second kappa shape index (κ2) is 5.88. The van der Waals surface area contributed by atoms with Crippen molar-refractivity contribution in [2.75, 3.05) is 27.2 Å². The predicted octanol–water partition coefficient (Wildman–Crippen LogP) is 1.42. The number of rotatable bonds is 5. The molecule has 1 fully saturated rings. The summed E-state index contributed by atoms with van der Waals surface area (Å²) in [7, 11) is 3.22. The first-order chi connectivity index (χ1) is 8.21. The van der Waals surface area contributed by atoms with E-state index in [0.29, 0.717) is 0 Å². The molecule has 1 saturated heterocycles. The van der Waals surface area contributed by atoms with Crippen LogP contribution in [0.3, 0.4) is 0 Å². The van der Waals surface area contributed by atoms with Crippen LogP contribution in [0.15, 0.2) is 0 Å². The number of hydrogen-bond acceptors (Lipinski definition) is 3. The van der Waals surface area contributed by atoms with Crippen molar-refractivity contribution >= 4 is 5.97 Å². The summed E-state index contributed by atoms with van der Waals surface area (Å²) in [6.45, 7) is 1.13. The van der Waals surface area contributed by atoms with Crippen molar-refractivity contribution in [1.82, 2.24) is 9.80 Å². The standard InChI is InChI=1S/C11H19F3N2O2/c1-15-5-3-4-8(15)7-16(2)9(6-10(17)18)11(12,13)14/h8-9H,3-7H2,1-2H3,(H,17,18). The summed E-state index contributed by atoms with van der Waals surface area (Å²) in [6, 6.07) is -1.84. The topological polar surface area (TPSA) is 43.8 Å². The van der Waals surface area contributed by atoms with E-state index in [4.69, 9.17) is 5.11 Å². The fourth-order valence-corrected chi connectivity index (χ4v) is 2.36. The van der Waals surface area contributed by atoms with Crippen LogP contribution >= 0.6 is 0 Å². The van der Waals surface area contributed by atoms with Gasteiger partial charge in [-0.25, -0.2) is 0 Å². The van der Waals surface area contributed by atoms with Gasteiger partial charge in [0.15, 0.2) is 0 Å². The minimum absolute atomic E-state index is 0.0774. The fourth-order valence-electron chi connectivity index (χ4n) is 2.36. The summed E-state index contributed by atoms with van der Waals surface area (Å²) in [5.74, 6) is -1.43. The first-order valence-corrected chi connectivity index (χ1v) is 5.90. The minimum Gasteiger partial charge on any atom is -0.481 e. The molecule has 0 radical (unpaired) electrons. The lowest BCUT2D eigenvalue weighted by molar-refractivity contribution is -0.188. The van der Waals surface area contributed by atoms with E-state index < -0.39 is 24.6 Å². The Balaban J connectivity index is 2.64. The molecule has 0 amide bonds. The first kappa shape index (κ1) is 15.2. The summed E-state index contributed by atoms with van der Waals surface area (Å²) in [5.41, 5.74) is 0. The Kier molecular flexibility index (Phi) is 4.98. The molecule has 1 heterocycles. The van der Waals surface area contributed by atoms with Crippen LogP contribution in [-0.4, -0.2) is 66.3 Å². The van der Waals surface area contributed by atoms with Gasteiger partial charge in [-0.15, -0.1) is 0 Å². The third kappa shape index (κ3) is 4.13. The van der Waals surface area contributed by atoms with Gasteiger partial charge in [0, 0.05) is 12.6 Å². The zero-order chi connectivity index (χ0) is 13.9. The molecule has 106 valence electrons. The van der Waals surface area contributed by atoms with E-state index in [9.17, 15) is 18.0 Å². The molecule has 0 aromatic rings. The number of nitrogens with zero attached hydrogens (tertiary/aromatic N) is 2. The Bertz CT molecular complexity index is 297. The maximum Gasteiger partial charge on any atom is 0.404 e. The molecule has 0 aromatic carbocycles. The van der Waals surface area contributed by atoms with Gasteiger partial charge in [0.25, 0.3) is 0 Å². The predicted molar refractivity (Wildman–Crippen MR) is 60.4 cm³/mol. The van der Waals surface area contributed by atoms with Crippen molar-refractivity contribution in [3.63, 3.8) is 0 Å². The molecule has 1 N–H and O–H groups in total. The van der Waals surface area contributed by atoms with E-state index in [1.165, 1.54) is 7.05 Å². The second-order valence-electron chi connectivity index (χ2n) is 4.87. The SMILES string of the molecule is CN1CCCC1CN(C)C(CC(=O)O)C(F)(F)F. The number of carboxylic acid groups (broad SMARTS) is 1. The van der Waals surface area contributed by atoms with Crippen LogP contribution in [0.4, 0.5) is 13.2 Å². The van der Waals surface area contributed by atoms with Crippen LogP contribution in [0, 0.1) is 0 Å². The van der Waals surface area contributed by atoms with Crippen molar-refractivity contribution in [1.29, 1.82) is 0 Å². The minimum atomic E-state index is -4.51. The molecule has 0 aromatic heterocycles. The molecule has 1 aliphatic heterocycles. The fraction of sp³-hybridized carbons (Fsp3) is 0.909. The number of hydrogen-bond donors (Lipinski definition) is 1. The van der Waals surface area contributed by atoms with Crippen molar-refractivity contribution in [2.45, 2.75) is 37.5 Å². The van der Waals surface area contributed by atoms with E-state index in [2.05, 4.69) is 0 Å². The molecule has 0 saturated carbocycles. The summed E-state index contributed by atoms with van der Waals surface area (Å²) < 4.78 is 38.3. The summed E-state index contributed by atoms with van der Waals surface area (Å²) in [6.07, 6.45) is -3.58. The van der Waals surface area contributed by atoms with Gasteiger partial charge < -0.3 is 10.0 Å². The Hall–Kier alpha value is -0.820. The van der Waals surface area contributed by atoms with Gasteiger partial charge >= 0.3 is 12.1 Å². The number of halogens is 3. The lowest BCUT2D eigenvalue weighted by Crippen LogP contribution is -2.49. The van der Waals surface area contributed by atoms with Crippen LogP contribution in [0.5, 0.6) is 0 Å². The molecule has 1 rings (SSSR count). The maximum atomic E-state index is 12.8. The normalized spacial score (nSPS) is 23.6. The molecule has 7 heteroatoms. The van der Waals surface area contributed by atoms with Crippen molar-refractivity contribution < 1.29 is 23.1 Å². The van der Waals surface area contributed by atoms with Gasteiger partial charge in [0.05, 0.1) is 6.42 Å². The molecular formula is C11H19F3N2O2. The van der Waals surface area contributed by atoms with E-state index >= 15 is 0 Å². The molecule has 18 heavy (non-hydrogen) atoms. The van der Waals surface area contributed by atoms with Crippen molar-refractivity contribution in [3.05, 3.63) is 0 Å². The average molecular weight is 268 g/mol. The highest BCUT2D eigenvalue weighted by molar-refractivity contribution is 5.67. The summed E-state index contributed by atoms with van der Waals surface area (Å²) in [4.78, 5) is 13.7. The zero-order valence-electron chi connectivity index (χ0n) is 10.6. The highest BCUT2D eigenvalue weighted by Gasteiger charge is 2.44. The molecule has 0 spiro atoms. The van der Waals surface area contributed by atoms with Gasteiger partial charge in [-0.2, -0.15) is 13.2 Å². The lowest BCUT2D eigenvalue weighted by Gasteiger charge is -2.32. The number of likely N-dealkylation sites (N-methyl/N-ethyl adjacent to an activating group) is 2. The molecule has 2 unspecified atom stereocenters. The van der Waals surface area contributed by atoms with Crippen LogP contribution in [0.2, 0.25) is 0 Å². The zero-order valence-corrected chi connectivity index (χ0v) is 10.6. The van der Waals surface area contributed by atoms with Gasteiger partial charge in [-0.3, -0.25) is 9.69 Å². The summed E-state index contributed by atoms with van der Waals surface area (Å²) >= 11 is 0. The number of aliphatic carboxylic acids is 1. The van der Waals surface area contributed by atoms with Crippen molar-refractivity contribution in [2.24, 2.45) is 0 Å². The van der Waals surface area contributed by atoms with Crippen LogP contribution in [-0.2, 0) is 4.79 Å². The van der Waals surface area contributed by atoms with Crippen LogP contribution in [0.1, 0.15) is 19.3 Å². The van der Waals surface area contributed by atoms with E-state index in [1.807, 2.05) is 11.9 Å². The Morgan fingerprint density at radius 2 is 2.17 bits per heavy atom.